The first-order valence-electron chi connectivity index (χ1n) is 11.0. The number of nitrogens with zero attached hydrogens (tertiary/aromatic N) is 2. The number of hydrogen-bond donors (Lipinski definition) is 1. The summed E-state index contributed by atoms with van der Waals surface area (Å²) in [7, 11) is 3.91. The highest BCUT2D eigenvalue weighted by molar-refractivity contribution is 5.86. The maximum absolute atomic E-state index is 13.7. The molecule has 3 heterocycles. The topological polar surface area (TPSA) is 44.8 Å². The third kappa shape index (κ3) is 4.36. The normalized spacial score (nSPS) is 25.8. The second-order valence-electron chi connectivity index (χ2n) is 9.34. The number of fused-ring (bicyclic) bond motifs is 1. The van der Waals surface area contributed by atoms with Crippen LogP contribution < -0.4 is 10.1 Å². The highest BCUT2D eigenvalue weighted by Crippen LogP contribution is 2.45. The van der Waals surface area contributed by atoms with Crippen molar-refractivity contribution in [3.63, 3.8) is 0 Å². The van der Waals surface area contributed by atoms with E-state index in [0.717, 1.165) is 44.9 Å². The van der Waals surface area contributed by atoms with E-state index >= 15 is 0 Å². The minimum atomic E-state index is -0.320. The van der Waals surface area contributed by atoms with E-state index in [2.05, 4.69) is 64.6 Å². The van der Waals surface area contributed by atoms with Gasteiger partial charge < -0.3 is 15.0 Å². The Hall–Kier alpha value is -1.79. The van der Waals surface area contributed by atoms with Crippen LogP contribution in [0.25, 0.3) is 0 Å². The molecule has 5 rings (SSSR count). The van der Waals surface area contributed by atoms with Gasteiger partial charge in [0.15, 0.2) is 0 Å². The predicted octanol–water partition coefficient (Wildman–Crippen LogP) is 3.43. The molecule has 0 aromatic heterocycles. The summed E-state index contributed by atoms with van der Waals surface area (Å²) >= 11 is 0. The average molecular weight is 478 g/mol. The zero-order chi connectivity index (χ0) is 20.7. The fraction of sp³-hybridized carbons (Fsp3) is 0.480. The fourth-order valence-corrected chi connectivity index (χ4v) is 5.86. The van der Waals surface area contributed by atoms with Crippen molar-refractivity contribution in [3.05, 3.63) is 65.7 Å². The fourth-order valence-electron chi connectivity index (χ4n) is 5.86. The van der Waals surface area contributed by atoms with Gasteiger partial charge in [-0.1, -0.05) is 42.5 Å². The molecule has 3 saturated heterocycles. The Bertz CT molecular complexity index is 922. The zero-order valence-corrected chi connectivity index (χ0v) is 20.3. The van der Waals surface area contributed by atoms with Crippen molar-refractivity contribution in [1.82, 2.24) is 15.1 Å². The monoisotopic (exact) mass is 477 g/mol. The molecule has 2 aromatic carbocycles. The Morgan fingerprint density at radius 2 is 1.81 bits per heavy atom. The first-order chi connectivity index (χ1) is 14.6. The number of carbonyl (C=O) groups excluding carboxylic acids is 1. The summed E-state index contributed by atoms with van der Waals surface area (Å²) in [4.78, 5) is 18.3. The number of halogens is 2. The van der Waals surface area contributed by atoms with E-state index in [4.69, 9.17) is 4.74 Å². The van der Waals surface area contributed by atoms with Gasteiger partial charge in [-0.2, -0.15) is 0 Å². The molecular formula is C25H33Cl2N3O2. The molecule has 5 nitrogen and oxygen atoms in total. The molecule has 3 aliphatic heterocycles. The molecule has 2 aromatic rings. The highest BCUT2D eigenvalue weighted by atomic mass is 35.5. The quantitative estimate of drug-likeness (QED) is 0.716. The summed E-state index contributed by atoms with van der Waals surface area (Å²) in [6.45, 7) is 4.34. The number of rotatable bonds is 5. The Kier molecular flexibility index (Phi) is 7.77. The van der Waals surface area contributed by atoms with E-state index < -0.39 is 0 Å². The lowest BCUT2D eigenvalue weighted by atomic mass is 9.75. The SMILES string of the molecule is COc1cccc(CC2(C(=O)N3C[C@@H]4CN(C)[C@@H](c5ccccc5)[C@@H]4C3)CNC2)c1.Cl.Cl. The van der Waals surface area contributed by atoms with E-state index in [1.165, 1.54) is 11.1 Å². The van der Waals surface area contributed by atoms with Crippen LogP contribution in [0.2, 0.25) is 0 Å². The number of likely N-dealkylation sites (tertiary alicyclic amines) is 2. The molecule has 3 aliphatic rings. The maximum Gasteiger partial charge on any atom is 0.231 e. The Labute approximate surface area is 203 Å². The van der Waals surface area contributed by atoms with Gasteiger partial charge >= 0.3 is 0 Å². The van der Waals surface area contributed by atoms with E-state index in [9.17, 15) is 4.79 Å². The summed E-state index contributed by atoms with van der Waals surface area (Å²) < 4.78 is 5.38. The molecule has 0 spiro atoms. The molecular weight excluding hydrogens is 445 g/mol. The van der Waals surface area contributed by atoms with Gasteiger partial charge in [-0.25, -0.2) is 0 Å². The molecule has 0 aliphatic carbocycles. The summed E-state index contributed by atoms with van der Waals surface area (Å²) in [5, 5.41) is 3.36. The third-order valence-electron chi connectivity index (χ3n) is 7.38. The third-order valence-corrected chi connectivity index (χ3v) is 7.38. The van der Waals surface area contributed by atoms with Crippen LogP contribution >= 0.6 is 24.8 Å². The smallest absolute Gasteiger partial charge is 0.231 e. The van der Waals surface area contributed by atoms with E-state index in [1.54, 1.807) is 7.11 Å². The molecule has 0 unspecified atom stereocenters. The van der Waals surface area contributed by atoms with Crippen molar-refractivity contribution in [2.75, 3.05) is 46.9 Å². The van der Waals surface area contributed by atoms with E-state index in [0.29, 0.717) is 23.8 Å². The molecule has 174 valence electrons. The number of nitrogens with one attached hydrogen (secondary N) is 1. The molecule has 32 heavy (non-hydrogen) atoms. The van der Waals surface area contributed by atoms with Crippen molar-refractivity contribution in [1.29, 1.82) is 0 Å². The minimum absolute atomic E-state index is 0. The lowest BCUT2D eigenvalue weighted by molar-refractivity contribution is -0.144. The second kappa shape index (κ2) is 10.0. The molecule has 3 fully saturated rings. The van der Waals surface area contributed by atoms with Gasteiger partial charge in [0.05, 0.1) is 12.5 Å². The number of hydrogen-bond acceptors (Lipinski definition) is 4. The van der Waals surface area contributed by atoms with Gasteiger partial charge in [0.25, 0.3) is 0 Å². The van der Waals surface area contributed by atoms with Crippen molar-refractivity contribution >= 4 is 30.7 Å². The van der Waals surface area contributed by atoms with Crippen LogP contribution in [0, 0.1) is 17.3 Å². The van der Waals surface area contributed by atoms with Crippen molar-refractivity contribution in [2.24, 2.45) is 17.3 Å². The predicted molar refractivity (Wildman–Crippen MR) is 132 cm³/mol. The van der Waals surface area contributed by atoms with Crippen LogP contribution in [0.4, 0.5) is 0 Å². The largest absolute Gasteiger partial charge is 0.497 e. The van der Waals surface area contributed by atoms with Gasteiger partial charge in [-0.15, -0.1) is 24.8 Å². The summed E-state index contributed by atoms with van der Waals surface area (Å²) in [6.07, 6.45) is 0.768. The number of carbonyl (C=O) groups is 1. The van der Waals surface area contributed by atoms with Crippen molar-refractivity contribution in [2.45, 2.75) is 12.5 Å². The van der Waals surface area contributed by atoms with Crippen molar-refractivity contribution in [3.8, 4) is 5.75 Å². The number of ether oxygens (including phenoxy) is 1. The Balaban J connectivity index is 0.00000144. The average Bonchev–Trinajstić information content (AvgIpc) is 3.27. The van der Waals surface area contributed by atoms with Gasteiger partial charge in [0.1, 0.15) is 5.75 Å². The molecule has 0 saturated carbocycles. The first kappa shape index (κ1) is 24.8. The van der Waals surface area contributed by atoms with Crippen LogP contribution in [0.15, 0.2) is 54.6 Å². The Morgan fingerprint density at radius 1 is 1.06 bits per heavy atom. The first-order valence-corrected chi connectivity index (χ1v) is 11.0. The van der Waals surface area contributed by atoms with E-state index in [1.807, 2.05) is 12.1 Å². The molecule has 3 atom stereocenters. The second-order valence-corrected chi connectivity index (χ2v) is 9.34. The number of methoxy groups -OCH3 is 1. The summed E-state index contributed by atoms with van der Waals surface area (Å²) in [6, 6.07) is 19.3. The van der Waals surface area contributed by atoms with Crippen LogP contribution in [-0.4, -0.2) is 62.6 Å². The standard InChI is InChI=1S/C25H31N3O2.2ClH/c1-27-13-20-14-28(15-22(20)23(27)19-8-4-3-5-9-19)24(29)25(16-26-17-25)12-18-7-6-10-21(11-18)30-2;;/h3-11,20,22-23,26H,12-17H2,1-2H3;2*1H/t20-,22+,23-;;/m0../s1. The lowest BCUT2D eigenvalue weighted by Gasteiger charge is -2.44. The highest BCUT2D eigenvalue weighted by Gasteiger charge is 2.52. The van der Waals surface area contributed by atoms with Gasteiger partial charge in [-0.3, -0.25) is 9.69 Å². The maximum atomic E-state index is 13.7. The zero-order valence-electron chi connectivity index (χ0n) is 18.7. The minimum Gasteiger partial charge on any atom is -0.497 e. The van der Waals surface area contributed by atoms with Crippen LogP contribution in [0.3, 0.4) is 0 Å². The number of benzene rings is 2. The van der Waals surface area contributed by atoms with Crippen LogP contribution in [0.5, 0.6) is 5.75 Å². The van der Waals surface area contributed by atoms with Crippen LogP contribution in [-0.2, 0) is 11.2 Å². The number of amides is 1. The molecule has 0 bridgehead atoms. The lowest BCUT2D eigenvalue weighted by Crippen LogP contribution is -2.63. The van der Waals surface area contributed by atoms with Gasteiger partial charge in [-0.05, 0) is 42.6 Å². The van der Waals surface area contributed by atoms with E-state index in [-0.39, 0.29) is 30.2 Å². The molecule has 0 radical (unpaired) electrons. The summed E-state index contributed by atoms with van der Waals surface area (Å²) in [5.41, 5.74) is 2.22. The van der Waals surface area contributed by atoms with Gasteiger partial charge in [0, 0.05) is 44.7 Å². The van der Waals surface area contributed by atoms with Gasteiger partial charge in [0.2, 0.25) is 5.91 Å². The molecule has 7 heteroatoms. The Morgan fingerprint density at radius 3 is 2.47 bits per heavy atom. The molecule has 1 amide bonds. The summed E-state index contributed by atoms with van der Waals surface area (Å²) in [5.74, 6) is 2.26. The van der Waals surface area contributed by atoms with Crippen molar-refractivity contribution < 1.29 is 9.53 Å². The molecule has 1 N–H and O–H groups in total. The van der Waals surface area contributed by atoms with Crippen LogP contribution in [0.1, 0.15) is 17.2 Å².